The molecule has 0 aromatic carbocycles. The van der Waals surface area contributed by atoms with Crippen molar-refractivity contribution in [3.8, 4) is 0 Å². The molecule has 2 aliphatic rings. The van der Waals surface area contributed by atoms with Crippen LogP contribution in [0.3, 0.4) is 0 Å². The third-order valence-corrected chi connectivity index (χ3v) is 2.77. The standard InChI is InChI=1S/C8H13N3O3.ClH/c12-8(6-3-7(6)11(13)14)10-5-1-2-9-4-5;/h5-7,9H,1-4H2,(H,10,12);1H. The highest BCUT2D eigenvalue weighted by atomic mass is 35.5. The highest BCUT2D eigenvalue weighted by molar-refractivity contribution is 5.85. The lowest BCUT2D eigenvalue weighted by molar-refractivity contribution is -0.497. The fourth-order valence-corrected chi connectivity index (χ4v) is 1.78. The molecule has 1 saturated heterocycles. The maximum Gasteiger partial charge on any atom is 0.230 e. The first-order valence-corrected chi connectivity index (χ1v) is 4.83. The fraction of sp³-hybridized carbons (Fsp3) is 0.875. The first kappa shape index (κ1) is 12.2. The number of nitrogens with one attached hydrogen (secondary N) is 2. The molecule has 3 atom stereocenters. The molecular formula is C8H14ClN3O3. The Hall–Kier alpha value is -0.880. The number of hydrogen-bond donors (Lipinski definition) is 2. The van der Waals surface area contributed by atoms with Gasteiger partial charge >= 0.3 is 0 Å². The average molecular weight is 236 g/mol. The summed E-state index contributed by atoms with van der Waals surface area (Å²) in [7, 11) is 0. The second kappa shape index (κ2) is 4.76. The molecule has 0 spiro atoms. The smallest absolute Gasteiger partial charge is 0.230 e. The zero-order valence-electron chi connectivity index (χ0n) is 8.14. The topological polar surface area (TPSA) is 84.3 Å². The number of nitro groups is 1. The van der Waals surface area contributed by atoms with Gasteiger partial charge in [-0.15, -0.1) is 12.4 Å². The van der Waals surface area contributed by atoms with E-state index < -0.39 is 6.04 Å². The van der Waals surface area contributed by atoms with Gasteiger partial charge in [0.15, 0.2) is 0 Å². The van der Waals surface area contributed by atoms with E-state index in [1.165, 1.54) is 0 Å². The van der Waals surface area contributed by atoms with Crippen LogP contribution in [0.1, 0.15) is 12.8 Å². The van der Waals surface area contributed by atoms with Gasteiger partial charge in [-0.05, 0) is 13.0 Å². The monoisotopic (exact) mass is 235 g/mol. The Kier molecular flexibility index (Phi) is 3.87. The molecule has 0 aromatic rings. The average Bonchev–Trinajstić information content (AvgIpc) is 2.80. The highest BCUT2D eigenvalue weighted by Gasteiger charge is 2.53. The van der Waals surface area contributed by atoms with Crippen molar-refractivity contribution < 1.29 is 9.72 Å². The molecule has 2 N–H and O–H groups in total. The van der Waals surface area contributed by atoms with Crippen molar-refractivity contribution >= 4 is 18.3 Å². The summed E-state index contributed by atoms with van der Waals surface area (Å²) in [6, 6.07) is -0.472. The minimum Gasteiger partial charge on any atom is -0.352 e. The van der Waals surface area contributed by atoms with Crippen LogP contribution in [0, 0.1) is 16.0 Å². The summed E-state index contributed by atoms with van der Waals surface area (Å²) in [5.41, 5.74) is 0. The van der Waals surface area contributed by atoms with Crippen LogP contribution in [0.15, 0.2) is 0 Å². The van der Waals surface area contributed by atoms with Crippen LogP contribution in [0.2, 0.25) is 0 Å². The third-order valence-electron chi connectivity index (χ3n) is 2.77. The van der Waals surface area contributed by atoms with Crippen LogP contribution in [0.5, 0.6) is 0 Å². The van der Waals surface area contributed by atoms with Gasteiger partial charge in [0.1, 0.15) is 5.92 Å². The molecule has 2 fully saturated rings. The minimum absolute atomic E-state index is 0. The number of carbonyl (C=O) groups excluding carboxylic acids is 1. The molecule has 2 rings (SSSR count). The number of amides is 1. The van der Waals surface area contributed by atoms with Gasteiger partial charge in [-0.1, -0.05) is 0 Å². The van der Waals surface area contributed by atoms with Gasteiger partial charge in [0, 0.05) is 23.9 Å². The second-order valence-corrected chi connectivity index (χ2v) is 3.89. The Morgan fingerprint density at radius 1 is 1.53 bits per heavy atom. The molecule has 6 nitrogen and oxygen atoms in total. The molecule has 0 aromatic heterocycles. The maximum atomic E-state index is 11.4. The third kappa shape index (κ3) is 2.79. The lowest BCUT2D eigenvalue weighted by Crippen LogP contribution is -2.38. The predicted molar refractivity (Wildman–Crippen MR) is 55.6 cm³/mol. The summed E-state index contributed by atoms with van der Waals surface area (Å²) in [6.07, 6.45) is 1.32. The molecule has 1 saturated carbocycles. The van der Waals surface area contributed by atoms with E-state index >= 15 is 0 Å². The number of carbonyl (C=O) groups is 1. The van der Waals surface area contributed by atoms with E-state index in [1.807, 2.05) is 0 Å². The van der Waals surface area contributed by atoms with Crippen molar-refractivity contribution in [2.75, 3.05) is 13.1 Å². The van der Waals surface area contributed by atoms with E-state index in [9.17, 15) is 14.9 Å². The van der Waals surface area contributed by atoms with Gasteiger partial charge in [-0.25, -0.2) is 0 Å². The van der Waals surface area contributed by atoms with Crippen molar-refractivity contribution in [1.29, 1.82) is 0 Å². The largest absolute Gasteiger partial charge is 0.352 e. The molecule has 7 heteroatoms. The Balaban J connectivity index is 0.00000112. The first-order chi connectivity index (χ1) is 6.68. The van der Waals surface area contributed by atoms with E-state index in [1.54, 1.807) is 0 Å². The summed E-state index contributed by atoms with van der Waals surface area (Å²) in [5.74, 6) is -0.536. The molecule has 15 heavy (non-hydrogen) atoms. The molecule has 0 bridgehead atoms. The number of nitrogens with zero attached hydrogens (tertiary/aromatic N) is 1. The number of hydrogen-bond acceptors (Lipinski definition) is 4. The molecule has 1 heterocycles. The lowest BCUT2D eigenvalue weighted by Gasteiger charge is -2.09. The SMILES string of the molecule is Cl.O=C(NC1CCNC1)C1CC1[N+](=O)[O-]. The summed E-state index contributed by atoms with van der Waals surface area (Å²) >= 11 is 0. The van der Waals surface area contributed by atoms with Crippen molar-refractivity contribution in [2.24, 2.45) is 5.92 Å². The Morgan fingerprint density at radius 3 is 2.73 bits per heavy atom. The molecule has 1 aliphatic heterocycles. The number of halogens is 1. The van der Waals surface area contributed by atoms with Crippen LogP contribution in [-0.2, 0) is 4.79 Å². The summed E-state index contributed by atoms with van der Waals surface area (Å²) in [6.45, 7) is 1.69. The minimum atomic E-state index is -0.635. The van der Waals surface area contributed by atoms with E-state index in [0.717, 1.165) is 19.5 Å². The quantitative estimate of drug-likeness (QED) is 0.513. The van der Waals surface area contributed by atoms with Gasteiger partial charge in [-0.2, -0.15) is 0 Å². The Morgan fingerprint density at radius 2 is 2.27 bits per heavy atom. The van der Waals surface area contributed by atoms with Crippen LogP contribution in [0.4, 0.5) is 0 Å². The van der Waals surface area contributed by atoms with E-state index in [0.29, 0.717) is 6.42 Å². The van der Waals surface area contributed by atoms with Crippen molar-refractivity contribution in [2.45, 2.75) is 24.9 Å². The van der Waals surface area contributed by atoms with Crippen molar-refractivity contribution in [3.63, 3.8) is 0 Å². The Bertz CT molecular complexity index is 268. The van der Waals surface area contributed by atoms with Crippen molar-refractivity contribution in [1.82, 2.24) is 10.6 Å². The van der Waals surface area contributed by atoms with E-state index in [2.05, 4.69) is 10.6 Å². The van der Waals surface area contributed by atoms with Crippen molar-refractivity contribution in [3.05, 3.63) is 10.1 Å². The van der Waals surface area contributed by atoms with E-state index in [4.69, 9.17) is 0 Å². The fourth-order valence-electron chi connectivity index (χ4n) is 1.78. The first-order valence-electron chi connectivity index (χ1n) is 4.83. The summed E-state index contributed by atoms with van der Waals surface area (Å²) in [4.78, 5) is 21.4. The van der Waals surface area contributed by atoms with Gasteiger partial charge in [0.2, 0.25) is 11.9 Å². The zero-order valence-corrected chi connectivity index (χ0v) is 8.96. The molecule has 0 radical (unpaired) electrons. The van der Waals surface area contributed by atoms with Gasteiger partial charge < -0.3 is 10.6 Å². The highest BCUT2D eigenvalue weighted by Crippen LogP contribution is 2.33. The molecule has 1 amide bonds. The number of rotatable bonds is 3. The van der Waals surface area contributed by atoms with E-state index in [-0.39, 0.29) is 35.2 Å². The molecular weight excluding hydrogens is 222 g/mol. The summed E-state index contributed by atoms with van der Waals surface area (Å²) < 4.78 is 0. The molecule has 1 aliphatic carbocycles. The Labute approximate surface area is 93.3 Å². The van der Waals surface area contributed by atoms with Crippen LogP contribution < -0.4 is 10.6 Å². The normalized spacial score (nSPS) is 32.9. The van der Waals surface area contributed by atoms with Crippen LogP contribution >= 0.6 is 12.4 Å². The van der Waals surface area contributed by atoms with Gasteiger partial charge in [-0.3, -0.25) is 14.9 Å². The second-order valence-electron chi connectivity index (χ2n) is 3.89. The molecule has 86 valence electrons. The summed E-state index contributed by atoms with van der Waals surface area (Å²) in [5, 5.41) is 16.3. The van der Waals surface area contributed by atoms with Crippen LogP contribution in [0.25, 0.3) is 0 Å². The molecule has 3 unspecified atom stereocenters. The van der Waals surface area contributed by atoms with Gasteiger partial charge in [0.05, 0.1) is 0 Å². The van der Waals surface area contributed by atoms with Crippen LogP contribution in [-0.4, -0.2) is 36.0 Å². The van der Waals surface area contributed by atoms with Gasteiger partial charge in [0.25, 0.3) is 0 Å². The maximum absolute atomic E-state index is 11.4. The lowest BCUT2D eigenvalue weighted by atomic mass is 10.2. The zero-order chi connectivity index (χ0) is 10.1. The predicted octanol–water partition coefficient (Wildman–Crippen LogP) is -0.449.